The fraction of sp³-hybridized carbons (Fsp3) is 0.222. The second kappa shape index (κ2) is 4.15. The van der Waals surface area contributed by atoms with Gasteiger partial charge in [0, 0.05) is 18.0 Å². The minimum Gasteiger partial charge on any atom is -0.263 e. The van der Waals surface area contributed by atoms with Crippen molar-refractivity contribution in [3.8, 4) is 11.8 Å². The Hall–Kier alpha value is -0.810. The molecule has 1 aromatic heterocycles. The lowest BCUT2D eigenvalue weighted by Gasteiger charge is -1.92. The molecule has 0 aliphatic heterocycles. The predicted molar refractivity (Wildman–Crippen MR) is 49.6 cm³/mol. The van der Waals surface area contributed by atoms with Gasteiger partial charge in [-0.05, 0) is 18.6 Å². The van der Waals surface area contributed by atoms with Crippen LogP contribution in [0.25, 0.3) is 0 Å². The minimum absolute atomic E-state index is 0.710. The smallest absolute Gasteiger partial charge is 0.0649 e. The average Bonchev–Trinajstić information content (AvgIpc) is 2.03. The van der Waals surface area contributed by atoms with Crippen LogP contribution in [-0.4, -0.2) is 10.3 Å². The molecule has 0 N–H and O–H groups in total. The molecule has 0 saturated heterocycles. The average molecular weight is 210 g/mol. The van der Waals surface area contributed by atoms with Crippen molar-refractivity contribution >= 4 is 15.9 Å². The van der Waals surface area contributed by atoms with Crippen molar-refractivity contribution < 1.29 is 0 Å². The summed E-state index contributed by atoms with van der Waals surface area (Å²) in [7, 11) is 0. The summed E-state index contributed by atoms with van der Waals surface area (Å²) in [4.78, 5) is 3.98. The molecule has 0 spiro atoms. The van der Waals surface area contributed by atoms with E-state index < -0.39 is 0 Å². The first-order valence-electron chi connectivity index (χ1n) is 3.30. The van der Waals surface area contributed by atoms with Crippen LogP contribution >= 0.6 is 15.9 Å². The largest absolute Gasteiger partial charge is 0.263 e. The highest BCUT2D eigenvalue weighted by molar-refractivity contribution is 9.09. The maximum atomic E-state index is 3.98. The van der Waals surface area contributed by atoms with Gasteiger partial charge in [0.2, 0.25) is 0 Å². The molecule has 0 aliphatic rings. The van der Waals surface area contributed by atoms with Gasteiger partial charge < -0.3 is 0 Å². The summed E-state index contributed by atoms with van der Waals surface area (Å²) in [6, 6.07) is 1.96. The van der Waals surface area contributed by atoms with Crippen LogP contribution in [0.3, 0.4) is 0 Å². The Kier molecular flexibility index (Phi) is 3.13. The van der Waals surface area contributed by atoms with Crippen molar-refractivity contribution in [2.24, 2.45) is 0 Å². The maximum Gasteiger partial charge on any atom is 0.0649 e. The van der Waals surface area contributed by atoms with Crippen LogP contribution in [0.2, 0.25) is 0 Å². The van der Waals surface area contributed by atoms with Gasteiger partial charge in [0.05, 0.1) is 5.33 Å². The summed E-state index contributed by atoms with van der Waals surface area (Å²) in [5, 5.41) is 0.710. The van der Waals surface area contributed by atoms with Crippen LogP contribution in [-0.2, 0) is 0 Å². The Morgan fingerprint density at radius 2 is 2.45 bits per heavy atom. The van der Waals surface area contributed by atoms with Crippen molar-refractivity contribution in [1.29, 1.82) is 0 Å². The number of hydrogen-bond acceptors (Lipinski definition) is 1. The molecule has 0 amide bonds. The molecule has 0 saturated carbocycles. The molecule has 1 heterocycles. The molecule has 0 unspecified atom stereocenters. The number of halogens is 1. The lowest BCUT2D eigenvalue weighted by Crippen LogP contribution is -1.82. The van der Waals surface area contributed by atoms with E-state index in [-0.39, 0.29) is 0 Å². The second-order valence-corrected chi connectivity index (χ2v) is 2.69. The van der Waals surface area contributed by atoms with E-state index in [9.17, 15) is 0 Å². The highest BCUT2D eigenvalue weighted by Crippen LogP contribution is 2.01. The van der Waals surface area contributed by atoms with Crippen LogP contribution < -0.4 is 0 Å². The standard InChI is InChI=1S/C9H8BrN/c1-8-4-6-11-7-9(8)3-2-5-10/h4,6-7H,5H2,1H3. The number of alkyl halides is 1. The van der Waals surface area contributed by atoms with Crippen LogP contribution in [0, 0.1) is 18.8 Å². The third-order valence-corrected chi connectivity index (χ3v) is 1.61. The van der Waals surface area contributed by atoms with Crippen molar-refractivity contribution in [3.05, 3.63) is 29.6 Å². The summed E-state index contributed by atoms with van der Waals surface area (Å²) >= 11 is 3.24. The Labute approximate surface area is 75.0 Å². The maximum absolute atomic E-state index is 3.98. The van der Waals surface area contributed by atoms with E-state index >= 15 is 0 Å². The third kappa shape index (κ3) is 2.36. The Balaban J connectivity index is 2.95. The lowest BCUT2D eigenvalue weighted by atomic mass is 10.2. The first-order chi connectivity index (χ1) is 5.34. The number of nitrogens with zero attached hydrogens (tertiary/aromatic N) is 1. The number of aromatic nitrogens is 1. The molecule has 0 aliphatic carbocycles. The monoisotopic (exact) mass is 209 g/mol. The molecular weight excluding hydrogens is 202 g/mol. The van der Waals surface area contributed by atoms with E-state index in [4.69, 9.17) is 0 Å². The van der Waals surface area contributed by atoms with Gasteiger partial charge in [-0.2, -0.15) is 0 Å². The van der Waals surface area contributed by atoms with E-state index in [2.05, 4.69) is 32.8 Å². The van der Waals surface area contributed by atoms with Gasteiger partial charge in [0.15, 0.2) is 0 Å². The number of aryl methyl sites for hydroxylation is 1. The lowest BCUT2D eigenvalue weighted by molar-refractivity contribution is 1.27. The normalized spacial score (nSPS) is 8.55. The van der Waals surface area contributed by atoms with E-state index in [1.807, 2.05) is 13.0 Å². The van der Waals surface area contributed by atoms with Crippen molar-refractivity contribution in [2.75, 3.05) is 5.33 Å². The third-order valence-electron chi connectivity index (χ3n) is 1.33. The van der Waals surface area contributed by atoms with Gasteiger partial charge in [0.25, 0.3) is 0 Å². The highest BCUT2D eigenvalue weighted by atomic mass is 79.9. The highest BCUT2D eigenvalue weighted by Gasteiger charge is 1.89. The van der Waals surface area contributed by atoms with E-state index in [1.165, 1.54) is 5.56 Å². The minimum atomic E-state index is 0.710. The Morgan fingerprint density at radius 1 is 1.64 bits per heavy atom. The van der Waals surface area contributed by atoms with Gasteiger partial charge in [-0.1, -0.05) is 27.8 Å². The fourth-order valence-corrected chi connectivity index (χ4v) is 0.864. The predicted octanol–water partition coefficient (Wildman–Crippen LogP) is 2.14. The second-order valence-electron chi connectivity index (χ2n) is 2.13. The number of pyridine rings is 1. The number of hydrogen-bond donors (Lipinski definition) is 0. The van der Waals surface area contributed by atoms with Gasteiger partial charge >= 0.3 is 0 Å². The molecular formula is C9H8BrN. The summed E-state index contributed by atoms with van der Waals surface area (Å²) in [5.41, 5.74) is 2.18. The van der Waals surface area contributed by atoms with Crippen LogP contribution in [0.15, 0.2) is 18.5 Å². The number of rotatable bonds is 0. The van der Waals surface area contributed by atoms with E-state index in [1.54, 1.807) is 12.4 Å². The van der Waals surface area contributed by atoms with E-state index in [0.29, 0.717) is 5.33 Å². The van der Waals surface area contributed by atoms with Crippen molar-refractivity contribution in [3.63, 3.8) is 0 Å². The molecule has 0 bridgehead atoms. The molecule has 1 nitrogen and oxygen atoms in total. The van der Waals surface area contributed by atoms with Crippen LogP contribution in [0.1, 0.15) is 11.1 Å². The van der Waals surface area contributed by atoms with Gasteiger partial charge in [-0.25, -0.2) is 0 Å². The summed E-state index contributed by atoms with van der Waals surface area (Å²) in [5.74, 6) is 5.94. The fourth-order valence-electron chi connectivity index (χ4n) is 0.723. The Morgan fingerprint density at radius 3 is 3.09 bits per heavy atom. The van der Waals surface area contributed by atoms with Crippen LogP contribution in [0.4, 0.5) is 0 Å². The molecule has 0 aromatic carbocycles. The van der Waals surface area contributed by atoms with Crippen LogP contribution in [0.5, 0.6) is 0 Å². The SMILES string of the molecule is Cc1ccncc1C#CCBr. The topological polar surface area (TPSA) is 12.9 Å². The van der Waals surface area contributed by atoms with E-state index in [0.717, 1.165) is 5.56 Å². The van der Waals surface area contributed by atoms with Crippen molar-refractivity contribution in [2.45, 2.75) is 6.92 Å². The molecule has 56 valence electrons. The molecule has 0 fully saturated rings. The quantitative estimate of drug-likeness (QED) is 0.472. The van der Waals surface area contributed by atoms with Gasteiger partial charge in [-0.3, -0.25) is 4.98 Å². The molecule has 0 radical (unpaired) electrons. The van der Waals surface area contributed by atoms with Gasteiger partial charge in [-0.15, -0.1) is 0 Å². The zero-order chi connectivity index (χ0) is 8.10. The summed E-state index contributed by atoms with van der Waals surface area (Å²) < 4.78 is 0. The molecule has 0 atom stereocenters. The molecule has 11 heavy (non-hydrogen) atoms. The summed E-state index contributed by atoms with van der Waals surface area (Å²) in [6.07, 6.45) is 3.56. The summed E-state index contributed by atoms with van der Waals surface area (Å²) in [6.45, 7) is 2.03. The first-order valence-corrected chi connectivity index (χ1v) is 4.42. The zero-order valence-corrected chi connectivity index (χ0v) is 7.85. The Bertz CT molecular complexity index is 296. The molecule has 1 rings (SSSR count). The zero-order valence-electron chi connectivity index (χ0n) is 6.26. The van der Waals surface area contributed by atoms with Gasteiger partial charge in [0.1, 0.15) is 0 Å². The molecule has 2 heteroatoms. The first kappa shape index (κ1) is 8.29. The van der Waals surface area contributed by atoms with Crippen molar-refractivity contribution in [1.82, 2.24) is 4.98 Å². The molecule has 1 aromatic rings.